The van der Waals surface area contributed by atoms with Gasteiger partial charge >= 0.3 is 12.1 Å². The van der Waals surface area contributed by atoms with Gasteiger partial charge in [0.25, 0.3) is 0 Å². The van der Waals surface area contributed by atoms with Crippen molar-refractivity contribution in [3.8, 4) is 0 Å². The van der Waals surface area contributed by atoms with Gasteiger partial charge in [-0.2, -0.15) is 13.2 Å². The van der Waals surface area contributed by atoms with Crippen LogP contribution in [-0.2, 0) is 22.3 Å². The lowest BCUT2D eigenvalue weighted by molar-refractivity contribution is -0.149. The Bertz CT molecular complexity index is 631. The molecule has 2 heterocycles. The molecule has 1 saturated heterocycles. The summed E-state index contributed by atoms with van der Waals surface area (Å²) in [6, 6.07) is 0. The minimum Gasteiger partial charge on any atom is -0.466 e. The maximum Gasteiger partial charge on any atom is 0.434 e. The van der Waals surface area contributed by atoms with Crippen molar-refractivity contribution in [1.29, 1.82) is 0 Å². The van der Waals surface area contributed by atoms with Gasteiger partial charge < -0.3 is 15.0 Å². The minimum absolute atomic E-state index is 0. The smallest absolute Gasteiger partial charge is 0.434 e. The third-order valence-corrected chi connectivity index (χ3v) is 4.79. The first-order valence-electron chi connectivity index (χ1n) is 8.56. The van der Waals surface area contributed by atoms with Crippen LogP contribution in [0.5, 0.6) is 0 Å². The summed E-state index contributed by atoms with van der Waals surface area (Å²) in [5.41, 5.74) is -0.882. The summed E-state index contributed by atoms with van der Waals surface area (Å²) in [5.74, 6) is 0.345. The highest BCUT2D eigenvalue weighted by molar-refractivity contribution is 14.0. The number of esters is 1. The summed E-state index contributed by atoms with van der Waals surface area (Å²) < 4.78 is 42.9. The van der Waals surface area contributed by atoms with E-state index in [2.05, 4.69) is 15.3 Å². The number of aromatic nitrogens is 1. The van der Waals surface area contributed by atoms with Crippen molar-refractivity contribution in [3.63, 3.8) is 0 Å². The Labute approximate surface area is 177 Å². The molecule has 11 heteroatoms. The van der Waals surface area contributed by atoms with Crippen LogP contribution in [0.25, 0.3) is 0 Å². The topological polar surface area (TPSA) is 66.8 Å². The lowest BCUT2D eigenvalue weighted by Crippen LogP contribution is -2.46. The van der Waals surface area contributed by atoms with Crippen LogP contribution >= 0.6 is 35.3 Å². The molecule has 1 N–H and O–H groups in total. The van der Waals surface area contributed by atoms with E-state index in [0.717, 1.165) is 16.7 Å². The van der Waals surface area contributed by atoms with E-state index in [1.54, 1.807) is 6.92 Å². The number of carbonyl (C=O) groups excluding carboxylic acids is 1. The molecule has 1 aliphatic rings. The van der Waals surface area contributed by atoms with Gasteiger partial charge in [-0.05, 0) is 26.7 Å². The largest absolute Gasteiger partial charge is 0.466 e. The van der Waals surface area contributed by atoms with Gasteiger partial charge in [0.05, 0.1) is 19.1 Å². The van der Waals surface area contributed by atoms with Crippen LogP contribution in [0, 0.1) is 5.92 Å². The Hall–Kier alpha value is -1.11. The number of nitrogens with one attached hydrogen (secondary N) is 1. The van der Waals surface area contributed by atoms with E-state index in [0.29, 0.717) is 50.0 Å². The first-order valence-corrected chi connectivity index (χ1v) is 9.44. The standard InChI is InChI=1S/C16H23F3N4O2S.HI/c1-3-20-15(21-9-13-22-12(10-26-13)16(17,18)19)23-7-5-11(6-8-23)14(24)25-4-2;/h10-11H,3-9H2,1-2H3,(H,20,21);1H. The van der Waals surface area contributed by atoms with Crippen LogP contribution < -0.4 is 5.32 Å². The zero-order valence-electron chi connectivity index (χ0n) is 15.2. The lowest BCUT2D eigenvalue weighted by Gasteiger charge is -2.33. The molecular weight excluding hydrogens is 496 g/mol. The molecule has 0 aliphatic carbocycles. The highest BCUT2D eigenvalue weighted by atomic mass is 127. The predicted octanol–water partition coefficient (Wildman–Crippen LogP) is 3.52. The highest BCUT2D eigenvalue weighted by Crippen LogP contribution is 2.30. The van der Waals surface area contributed by atoms with Gasteiger partial charge in [-0.1, -0.05) is 0 Å². The van der Waals surface area contributed by atoms with Crippen LogP contribution in [0.15, 0.2) is 10.4 Å². The zero-order valence-corrected chi connectivity index (χ0v) is 18.4. The fourth-order valence-corrected chi connectivity index (χ4v) is 3.39. The van der Waals surface area contributed by atoms with E-state index < -0.39 is 11.9 Å². The van der Waals surface area contributed by atoms with Crippen LogP contribution in [0.3, 0.4) is 0 Å². The third-order valence-electron chi connectivity index (χ3n) is 3.96. The third kappa shape index (κ3) is 7.09. The predicted molar refractivity (Wildman–Crippen MR) is 108 cm³/mol. The quantitative estimate of drug-likeness (QED) is 0.279. The Morgan fingerprint density at radius 3 is 2.59 bits per heavy atom. The number of guanidine groups is 1. The number of likely N-dealkylation sites (tertiary alicyclic amines) is 1. The van der Waals surface area contributed by atoms with Gasteiger partial charge in [0.1, 0.15) is 5.01 Å². The van der Waals surface area contributed by atoms with Crippen molar-refractivity contribution >= 4 is 47.2 Å². The van der Waals surface area contributed by atoms with Gasteiger partial charge in [0.15, 0.2) is 11.7 Å². The Morgan fingerprint density at radius 1 is 1.41 bits per heavy atom. The molecule has 1 aromatic heterocycles. The van der Waals surface area contributed by atoms with Gasteiger partial charge in [-0.3, -0.25) is 4.79 Å². The van der Waals surface area contributed by atoms with Crippen LogP contribution in [0.2, 0.25) is 0 Å². The van der Waals surface area contributed by atoms with Crippen LogP contribution in [0.1, 0.15) is 37.4 Å². The molecule has 0 amide bonds. The summed E-state index contributed by atoms with van der Waals surface area (Å²) in [5, 5.41) is 4.46. The molecule has 6 nitrogen and oxygen atoms in total. The molecule has 0 bridgehead atoms. The van der Waals surface area contributed by atoms with E-state index in [1.165, 1.54) is 0 Å². The molecule has 2 rings (SSSR count). The molecular formula is C16H24F3IN4O2S. The number of ether oxygens (including phenoxy) is 1. The molecule has 0 atom stereocenters. The molecule has 154 valence electrons. The van der Waals surface area contributed by atoms with E-state index >= 15 is 0 Å². The van der Waals surface area contributed by atoms with Crippen LogP contribution in [0.4, 0.5) is 13.2 Å². The van der Waals surface area contributed by atoms with Gasteiger partial charge in [-0.25, -0.2) is 9.98 Å². The average Bonchev–Trinajstić information content (AvgIpc) is 3.08. The molecule has 0 radical (unpaired) electrons. The molecule has 1 fully saturated rings. The molecule has 1 aliphatic heterocycles. The monoisotopic (exact) mass is 520 g/mol. The van der Waals surface area contributed by atoms with Crippen molar-refractivity contribution in [3.05, 3.63) is 16.1 Å². The van der Waals surface area contributed by atoms with Crippen molar-refractivity contribution in [2.24, 2.45) is 10.9 Å². The number of carbonyl (C=O) groups is 1. The Kier molecular flexibility index (Phi) is 9.77. The van der Waals surface area contributed by atoms with Crippen LogP contribution in [-0.4, -0.2) is 48.1 Å². The summed E-state index contributed by atoms with van der Waals surface area (Å²) in [4.78, 5) is 21.8. The number of thiazole rings is 1. The summed E-state index contributed by atoms with van der Waals surface area (Å²) in [7, 11) is 0. The fraction of sp³-hybridized carbons (Fsp3) is 0.688. The molecule has 0 aromatic carbocycles. The number of nitrogens with zero attached hydrogens (tertiary/aromatic N) is 3. The maximum atomic E-state index is 12.6. The zero-order chi connectivity index (χ0) is 19.2. The van der Waals surface area contributed by atoms with Crippen molar-refractivity contribution in [2.75, 3.05) is 26.2 Å². The number of halogens is 4. The molecule has 27 heavy (non-hydrogen) atoms. The number of hydrogen-bond donors (Lipinski definition) is 1. The highest BCUT2D eigenvalue weighted by Gasteiger charge is 2.33. The van der Waals surface area contributed by atoms with E-state index in [9.17, 15) is 18.0 Å². The van der Waals surface area contributed by atoms with Gasteiger partial charge in [0.2, 0.25) is 0 Å². The number of alkyl halides is 3. The van der Waals surface area contributed by atoms with E-state index in [4.69, 9.17) is 4.74 Å². The number of rotatable bonds is 5. The Balaban J connectivity index is 0.00000364. The normalized spacial score (nSPS) is 16.0. The molecule has 0 unspecified atom stereocenters. The first-order chi connectivity index (χ1) is 12.3. The second-order valence-electron chi connectivity index (χ2n) is 5.81. The SMILES string of the molecule is CCNC(=NCc1nc(C(F)(F)F)cs1)N1CCC(C(=O)OCC)CC1.I. The van der Waals surface area contributed by atoms with Gasteiger partial charge in [-0.15, -0.1) is 35.3 Å². The molecule has 0 spiro atoms. The average molecular weight is 520 g/mol. The summed E-state index contributed by atoms with van der Waals surface area (Å²) >= 11 is 0.947. The van der Waals surface area contributed by atoms with Crippen molar-refractivity contribution in [1.82, 2.24) is 15.2 Å². The summed E-state index contributed by atoms with van der Waals surface area (Å²) in [6.45, 7) is 6.08. The van der Waals surface area contributed by atoms with Crippen molar-refractivity contribution < 1.29 is 22.7 Å². The first kappa shape index (κ1) is 23.9. The number of hydrogen-bond acceptors (Lipinski definition) is 5. The minimum atomic E-state index is -4.43. The molecule has 0 saturated carbocycles. The second-order valence-corrected chi connectivity index (χ2v) is 6.75. The second kappa shape index (κ2) is 11.0. The van der Waals surface area contributed by atoms with E-state index in [-0.39, 0.29) is 42.4 Å². The maximum absolute atomic E-state index is 12.6. The molecule has 1 aromatic rings. The summed E-state index contributed by atoms with van der Waals surface area (Å²) in [6.07, 6.45) is -3.10. The number of aliphatic imine (C=N–C) groups is 1. The number of piperidine rings is 1. The fourth-order valence-electron chi connectivity index (χ4n) is 2.67. The van der Waals surface area contributed by atoms with E-state index in [1.807, 2.05) is 11.8 Å². The Morgan fingerprint density at radius 2 is 2.07 bits per heavy atom. The van der Waals surface area contributed by atoms with Crippen molar-refractivity contribution in [2.45, 2.75) is 39.4 Å². The lowest BCUT2D eigenvalue weighted by atomic mass is 9.97. The van der Waals surface area contributed by atoms with Gasteiger partial charge in [0, 0.05) is 25.0 Å².